The van der Waals surface area contributed by atoms with E-state index < -0.39 is 49.8 Å². The van der Waals surface area contributed by atoms with Gasteiger partial charge in [0.05, 0.1) is 9.82 Å². The monoisotopic (exact) mass is 533 g/mol. The molecule has 2 atom stereocenters. The van der Waals surface area contributed by atoms with Gasteiger partial charge < -0.3 is 10.1 Å². The number of esters is 1. The molecule has 0 saturated heterocycles. The second-order valence-corrected chi connectivity index (χ2v) is 12.0. The molecule has 0 heterocycles. The Morgan fingerprint density at radius 1 is 1.11 bits per heavy atom. The second-order valence-electron chi connectivity index (χ2n) is 8.78. The van der Waals surface area contributed by atoms with Crippen LogP contribution in [0.3, 0.4) is 0 Å². The number of thioether (sulfide) groups is 1. The summed E-state index contributed by atoms with van der Waals surface area (Å²) in [4.78, 5) is 36.0. The normalized spacial score (nSPS) is 14.1. The number of rotatable bonds is 10. The van der Waals surface area contributed by atoms with Crippen LogP contribution in [-0.2, 0) is 24.3 Å². The van der Waals surface area contributed by atoms with Crippen LogP contribution in [0.5, 0.6) is 0 Å². The highest BCUT2D eigenvalue weighted by atomic mass is 32.2. The van der Waals surface area contributed by atoms with E-state index in [0.717, 1.165) is 36.0 Å². The van der Waals surface area contributed by atoms with Crippen molar-refractivity contribution in [2.75, 3.05) is 6.54 Å². The molecule has 12 heteroatoms. The molecule has 0 aliphatic carbocycles. The molecule has 0 unspecified atom stereocenters. The first-order valence-electron chi connectivity index (χ1n) is 10.6. The summed E-state index contributed by atoms with van der Waals surface area (Å²) in [6.45, 7) is 6.00. The lowest BCUT2D eigenvalue weighted by Crippen LogP contribution is -2.57. The van der Waals surface area contributed by atoms with Crippen molar-refractivity contribution >= 4 is 39.3 Å². The molecule has 36 heavy (non-hydrogen) atoms. The van der Waals surface area contributed by atoms with Crippen LogP contribution in [0.15, 0.2) is 64.4 Å². The molecule has 2 aromatic rings. The Morgan fingerprint density at radius 2 is 1.69 bits per heavy atom. The van der Waals surface area contributed by atoms with Crippen molar-refractivity contribution in [3.8, 4) is 12.3 Å². The van der Waals surface area contributed by atoms with E-state index in [2.05, 4.69) is 16.0 Å². The highest BCUT2D eigenvalue weighted by Crippen LogP contribution is 2.36. The van der Waals surface area contributed by atoms with Gasteiger partial charge in [-0.1, -0.05) is 24.1 Å². The number of sulfonamides is 1. The van der Waals surface area contributed by atoms with Crippen LogP contribution < -0.4 is 10.0 Å². The smallest absolute Gasteiger partial charge is 0.325 e. The van der Waals surface area contributed by atoms with Gasteiger partial charge in [-0.15, -0.1) is 18.2 Å². The Kier molecular flexibility index (Phi) is 9.26. The van der Waals surface area contributed by atoms with Crippen LogP contribution in [0.2, 0.25) is 0 Å². The van der Waals surface area contributed by atoms with Gasteiger partial charge in [0, 0.05) is 17.0 Å². The minimum absolute atomic E-state index is 0.297. The summed E-state index contributed by atoms with van der Waals surface area (Å²) >= 11 is 1.08. The number of nitrogens with zero attached hydrogens (tertiary/aromatic N) is 1. The van der Waals surface area contributed by atoms with E-state index in [-0.39, 0.29) is 10.6 Å². The zero-order chi connectivity index (χ0) is 27.1. The Labute approximate surface area is 214 Å². The number of carbonyl (C=O) groups is 2. The Morgan fingerprint density at radius 3 is 2.19 bits per heavy atom. The van der Waals surface area contributed by atoms with Crippen molar-refractivity contribution in [3.05, 3.63) is 64.7 Å². The van der Waals surface area contributed by atoms with Crippen molar-refractivity contribution in [2.45, 2.75) is 53.9 Å². The molecule has 0 spiro atoms. The zero-order valence-corrected chi connectivity index (χ0v) is 21.8. The van der Waals surface area contributed by atoms with Gasteiger partial charge >= 0.3 is 5.97 Å². The molecule has 0 radical (unpaired) electrons. The van der Waals surface area contributed by atoms with Gasteiger partial charge in [0.15, 0.2) is 0 Å². The summed E-state index contributed by atoms with van der Waals surface area (Å²) in [5.74, 6) is 0.933. The first-order valence-corrected chi connectivity index (χ1v) is 12.9. The summed E-state index contributed by atoms with van der Waals surface area (Å²) in [5.41, 5.74) is -1.08. The SMILES string of the molecule is C#C[C@@](C)(Sc1ccccc1)[C@H](NS(=O)(=O)c1ccc([N+](=O)[O-])cc1)C(=O)NCC(=O)OC(C)(C)C. The number of hydrogen-bond acceptors (Lipinski definition) is 8. The third-order valence-electron chi connectivity index (χ3n) is 4.63. The van der Waals surface area contributed by atoms with Gasteiger partial charge in [0.25, 0.3) is 5.69 Å². The number of nitrogens with one attached hydrogen (secondary N) is 2. The Hall–Kier alpha value is -3.40. The summed E-state index contributed by atoms with van der Waals surface area (Å²) in [6.07, 6.45) is 5.79. The molecule has 2 rings (SSSR count). The third kappa shape index (κ3) is 8.08. The maximum absolute atomic E-state index is 13.2. The van der Waals surface area contributed by atoms with Gasteiger partial charge in [-0.3, -0.25) is 19.7 Å². The molecule has 2 aromatic carbocycles. The highest BCUT2D eigenvalue weighted by Gasteiger charge is 2.42. The number of carbonyl (C=O) groups excluding carboxylic acids is 2. The first kappa shape index (κ1) is 28.8. The molecule has 192 valence electrons. The number of hydrogen-bond donors (Lipinski definition) is 2. The van der Waals surface area contributed by atoms with Gasteiger partial charge in [-0.2, -0.15) is 4.72 Å². The molecule has 0 aliphatic heterocycles. The van der Waals surface area contributed by atoms with Gasteiger partial charge in [-0.25, -0.2) is 8.42 Å². The number of ether oxygens (including phenoxy) is 1. The first-order chi connectivity index (χ1) is 16.7. The van der Waals surface area contributed by atoms with Gasteiger partial charge in [-0.05, 0) is 52.0 Å². The molecular formula is C24H27N3O7S2. The predicted molar refractivity (Wildman–Crippen MR) is 136 cm³/mol. The Bertz CT molecular complexity index is 1250. The molecule has 1 amide bonds. The molecule has 2 N–H and O–H groups in total. The maximum atomic E-state index is 13.2. The lowest BCUT2D eigenvalue weighted by atomic mass is 10.0. The van der Waals surface area contributed by atoms with Crippen molar-refractivity contribution in [3.63, 3.8) is 0 Å². The molecule has 0 aromatic heterocycles. The summed E-state index contributed by atoms with van der Waals surface area (Å²) in [5, 5.41) is 13.3. The number of nitro groups is 1. The fourth-order valence-electron chi connectivity index (χ4n) is 2.93. The van der Waals surface area contributed by atoms with Crippen LogP contribution in [0.1, 0.15) is 27.7 Å². The van der Waals surface area contributed by atoms with Crippen LogP contribution in [0.4, 0.5) is 5.69 Å². The van der Waals surface area contributed by atoms with Gasteiger partial charge in [0.1, 0.15) is 22.9 Å². The van der Waals surface area contributed by atoms with E-state index in [1.807, 2.05) is 0 Å². The second kappa shape index (κ2) is 11.6. The van der Waals surface area contributed by atoms with Crippen LogP contribution in [-0.4, -0.2) is 48.2 Å². The van der Waals surface area contributed by atoms with Crippen LogP contribution in [0, 0.1) is 22.5 Å². The number of non-ortho nitro benzene ring substituents is 1. The number of terminal acetylenes is 1. The topological polar surface area (TPSA) is 145 Å². The summed E-state index contributed by atoms with van der Waals surface area (Å²) in [7, 11) is -4.36. The number of amides is 1. The lowest BCUT2D eigenvalue weighted by Gasteiger charge is -2.32. The average molecular weight is 534 g/mol. The zero-order valence-electron chi connectivity index (χ0n) is 20.2. The maximum Gasteiger partial charge on any atom is 0.325 e. The molecule has 10 nitrogen and oxygen atoms in total. The summed E-state index contributed by atoms with van der Waals surface area (Å²) in [6, 6.07) is 11.4. The minimum Gasteiger partial charge on any atom is -0.459 e. The molecule has 0 saturated carbocycles. The van der Waals surface area contributed by atoms with Gasteiger partial charge in [0.2, 0.25) is 15.9 Å². The largest absolute Gasteiger partial charge is 0.459 e. The van der Waals surface area contributed by atoms with E-state index in [0.29, 0.717) is 4.90 Å². The van der Waals surface area contributed by atoms with E-state index in [9.17, 15) is 28.1 Å². The lowest BCUT2D eigenvalue weighted by molar-refractivity contribution is -0.384. The molecule has 0 fully saturated rings. The van der Waals surface area contributed by atoms with Crippen LogP contribution in [0.25, 0.3) is 0 Å². The van der Waals surface area contributed by atoms with Crippen molar-refractivity contribution < 1.29 is 27.7 Å². The standard InChI is InChI=1S/C24H27N3O7S2/c1-6-24(5,35-18-10-8-7-9-11-18)21(22(29)25-16-20(28)34-23(2,3)4)26-36(32,33)19-14-12-17(13-15-19)27(30)31/h1,7-15,21,26H,16H2,2-5H3,(H,25,29)/t21-,24-/m1/s1. The van der Waals surface area contributed by atoms with Crippen molar-refractivity contribution in [1.29, 1.82) is 0 Å². The van der Waals surface area contributed by atoms with E-state index >= 15 is 0 Å². The fraction of sp³-hybridized carbons (Fsp3) is 0.333. The minimum atomic E-state index is -4.36. The molecule has 0 aliphatic rings. The number of nitro benzene ring substituents is 1. The number of benzene rings is 2. The molecule has 0 bridgehead atoms. The third-order valence-corrected chi connectivity index (χ3v) is 7.35. The van der Waals surface area contributed by atoms with Crippen molar-refractivity contribution in [1.82, 2.24) is 10.0 Å². The van der Waals surface area contributed by atoms with E-state index in [1.165, 1.54) is 6.92 Å². The summed E-state index contributed by atoms with van der Waals surface area (Å²) < 4.78 is 32.3. The average Bonchev–Trinajstić information content (AvgIpc) is 2.80. The predicted octanol–water partition coefficient (Wildman–Crippen LogP) is 2.88. The van der Waals surface area contributed by atoms with Crippen LogP contribution >= 0.6 is 11.8 Å². The van der Waals surface area contributed by atoms with E-state index in [4.69, 9.17) is 11.2 Å². The Balaban J connectivity index is 2.39. The van der Waals surface area contributed by atoms with Crippen molar-refractivity contribution in [2.24, 2.45) is 0 Å². The fourth-order valence-corrected chi connectivity index (χ4v) is 5.41. The highest BCUT2D eigenvalue weighted by molar-refractivity contribution is 8.01. The van der Waals surface area contributed by atoms with E-state index in [1.54, 1.807) is 51.1 Å². The quantitative estimate of drug-likeness (QED) is 0.156. The molecular weight excluding hydrogens is 506 g/mol.